The maximum absolute atomic E-state index is 13.2. The summed E-state index contributed by atoms with van der Waals surface area (Å²) in [6.45, 7) is 0.150. The maximum Gasteiger partial charge on any atom is 0.326 e. The third-order valence-corrected chi connectivity index (χ3v) is 6.50. The van der Waals surface area contributed by atoms with Crippen LogP contribution in [0.5, 0.6) is 0 Å². The highest BCUT2D eigenvalue weighted by atomic mass is 32.1. The van der Waals surface area contributed by atoms with Gasteiger partial charge in [0, 0.05) is 42.2 Å². The Balaban J connectivity index is 2.21. The van der Waals surface area contributed by atoms with Gasteiger partial charge in [0.1, 0.15) is 18.1 Å². The minimum atomic E-state index is -1.42. The first-order valence-corrected chi connectivity index (χ1v) is 13.4. The molecule has 224 valence electrons. The molecule has 0 bridgehead atoms. The van der Waals surface area contributed by atoms with Gasteiger partial charge in [-0.3, -0.25) is 24.2 Å². The number of carboxylic acids is 2. The topological polar surface area (TPSA) is 268 Å². The fourth-order valence-corrected chi connectivity index (χ4v) is 4.10. The van der Waals surface area contributed by atoms with Gasteiger partial charge in [-0.1, -0.05) is 18.2 Å². The lowest BCUT2D eigenvalue weighted by Crippen LogP contribution is -2.57. The van der Waals surface area contributed by atoms with Gasteiger partial charge in [-0.2, -0.15) is 12.6 Å². The number of guanidine groups is 1. The monoisotopic (exact) mass is 592 g/mol. The number of rotatable bonds is 17. The van der Waals surface area contributed by atoms with Gasteiger partial charge in [0.2, 0.25) is 17.7 Å². The number of aliphatic carboxylic acids is 2. The zero-order valence-corrected chi connectivity index (χ0v) is 23.1. The number of thiol groups is 1. The van der Waals surface area contributed by atoms with E-state index in [1.807, 2.05) is 12.1 Å². The van der Waals surface area contributed by atoms with E-state index in [0.29, 0.717) is 5.56 Å². The van der Waals surface area contributed by atoms with Gasteiger partial charge in [-0.05, 0) is 30.9 Å². The molecule has 0 aliphatic rings. The zero-order valence-electron chi connectivity index (χ0n) is 22.2. The van der Waals surface area contributed by atoms with Crippen LogP contribution in [0.1, 0.15) is 31.2 Å². The Hall–Kier alpha value is -4.31. The van der Waals surface area contributed by atoms with Gasteiger partial charge in [-0.25, -0.2) is 4.79 Å². The lowest BCUT2D eigenvalue weighted by molar-refractivity contribution is -0.143. The van der Waals surface area contributed by atoms with Crippen molar-refractivity contribution < 1.29 is 34.2 Å². The van der Waals surface area contributed by atoms with Crippen LogP contribution in [-0.2, 0) is 30.4 Å². The fraction of sp³-hybridized carbons (Fsp3) is 0.440. The number of nitrogens with zero attached hydrogens (tertiary/aromatic N) is 1. The van der Waals surface area contributed by atoms with E-state index < -0.39 is 60.2 Å². The Kier molecular flexibility index (Phi) is 12.9. The number of amides is 3. The smallest absolute Gasteiger partial charge is 0.326 e. The van der Waals surface area contributed by atoms with Crippen molar-refractivity contribution in [1.82, 2.24) is 20.9 Å². The van der Waals surface area contributed by atoms with Crippen LogP contribution in [0.2, 0.25) is 0 Å². The standard InChI is InChI=1S/C25H36N8O7S/c26-15(12-41)21(36)31-17(6-3-9-29-25(27)28)22(37)32-18(7-8-20(34)35)23(38)33-19(24(39)40)10-13-11-30-16-5-2-1-4-14(13)16/h1-2,4-5,11,15,17-19,30,41H,3,6-10,12,26H2,(H,31,36)(H,32,37)(H,33,38)(H,34,35)(H,39,40)(H4,27,28,29). The highest BCUT2D eigenvalue weighted by molar-refractivity contribution is 7.80. The molecule has 4 unspecified atom stereocenters. The second kappa shape index (κ2) is 16.1. The SMILES string of the molecule is NC(N)=NCCCC(NC(=O)C(N)CS)C(=O)NC(CCC(=O)O)C(=O)NC(Cc1c[nH]c2ccccc12)C(=O)O. The van der Waals surface area contributed by atoms with E-state index in [-0.39, 0.29) is 43.9 Å². The summed E-state index contributed by atoms with van der Waals surface area (Å²) < 4.78 is 0. The number of nitrogens with one attached hydrogen (secondary N) is 4. The van der Waals surface area contributed by atoms with Crippen molar-refractivity contribution in [2.75, 3.05) is 12.3 Å². The number of carbonyl (C=O) groups excluding carboxylic acids is 3. The number of hydrogen-bond acceptors (Lipinski definition) is 8. The lowest BCUT2D eigenvalue weighted by atomic mass is 10.0. The Morgan fingerprint density at radius 3 is 2.15 bits per heavy atom. The molecule has 12 N–H and O–H groups in total. The van der Waals surface area contributed by atoms with Gasteiger partial charge in [0.15, 0.2) is 5.96 Å². The van der Waals surface area contributed by atoms with Crippen molar-refractivity contribution in [1.29, 1.82) is 0 Å². The van der Waals surface area contributed by atoms with Crippen LogP contribution < -0.4 is 33.2 Å². The molecule has 1 heterocycles. The Morgan fingerprint density at radius 1 is 0.927 bits per heavy atom. The summed E-state index contributed by atoms with van der Waals surface area (Å²) in [4.78, 5) is 68.9. The second-order valence-electron chi connectivity index (χ2n) is 9.26. The largest absolute Gasteiger partial charge is 0.481 e. The highest BCUT2D eigenvalue weighted by Crippen LogP contribution is 2.19. The lowest BCUT2D eigenvalue weighted by Gasteiger charge is -2.25. The van der Waals surface area contributed by atoms with Crippen LogP contribution in [0.25, 0.3) is 10.9 Å². The summed E-state index contributed by atoms with van der Waals surface area (Å²) in [5.74, 6) is -5.07. The van der Waals surface area contributed by atoms with Crippen LogP contribution in [0, 0.1) is 0 Å². The van der Waals surface area contributed by atoms with Crippen LogP contribution in [-0.4, -0.2) is 87.3 Å². The first-order chi connectivity index (χ1) is 19.4. The molecule has 0 fully saturated rings. The number of aliphatic imine (C=N–C) groups is 1. The molecule has 0 spiro atoms. The van der Waals surface area contributed by atoms with Crippen LogP contribution in [0.4, 0.5) is 0 Å². The van der Waals surface area contributed by atoms with Crippen molar-refractivity contribution in [3.8, 4) is 0 Å². The van der Waals surface area contributed by atoms with Crippen molar-refractivity contribution in [3.05, 3.63) is 36.0 Å². The van der Waals surface area contributed by atoms with Crippen molar-refractivity contribution in [2.24, 2.45) is 22.2 Å². The number of benzene rings is 1. The molecule has 0 saturated carbocycles. The van der Waals surface area contributed by atoms with Gasteiger partial charge in [0.05, 0.1) is 6.04 Å². The fourth-order valence-electron chi connectivity index (χ4n) is 3.94. The normalized spacial score (nSPS) is 13.8. The van der Waals surface area contributed by atoms with E-state index in [1.54, 1.807) is 18.3 Å². The summed E-state index contributed by atoms with van der Waals surface area (Å²) in [6, 6.07) is 2.24. The van der Waals surface area contributed by atoms with Gasteiger partial charge in [0.25, 0.3) is 0 Å². The molecule has 41 heavy (non-hydrogen) atoms. The molecule has 1 aromatic heterocycles. The number of para-hydroxylation sites is 1. The van der Waals surface area contributed by atoms with Crippen molar-refractivity contribution in [3.63, 3.8) is 0 Å². The molecule has 0 aliphatic heterocycles. The number of nitrogens with two attached hydrogens (primary N) is 3. The molecule has 3 amide bonds. The minimum Gasteiger partial charge on any atom is -0.481 e. The van der Waals surface area contributed by atoms with E-state index in [1.165, 1.54) is 0 Å². The molecule has 15 nitrogen and oxygen atoms in total. The predicted octanol–water partition coefficient (Wildman–Crippen LogP) is -1.58. The van der Waals surface area contributed by atoms with E-state index >= 15 is 0 Å². The number of hydrogen-bond donors (Lipinski definition) is 10. The molecule has 2 rings (SSSR count). The summed E-state index contributed by atoms with van der Waals surface area (Å²) in [5, 5.41) is 27.1. The van der Waals surface area contributed by atoms with Crippen LogP contribution in [0.3, 0.4) is 0 Å². The Labute approximate surface area is 241 Å². The third kappa shape index (κ3) is 10.6. The number of aromatic nitrogens is 1. The molecule has 4 atom stereocenters. The number of carbonyl (C=O) groups is 5. The van der Waals surface area contributed by atoms with Gasteiger partial charge in [-0.15, -0.1) is 0 Å². The number of carboxylic acid groups (broad SMARTS) is 2. The molecule has 16 heteroatoms. The summed E-state index contributed by atoms with van der Waals surface area (Å²) in [7, 11) is 0. The maximum atomic E-state index is 13.2. The molecular weight excluding hydrogens is 556 g/mol. The highest BCUT2D eigenvalue weighted by Gasteiger charge is 2.31. The average Bonchev–Trinajstić information content (AvgIpc) is 3.33. The van der Waals surface area contributed by atoms with E-state index in [9.17, 15) is 34.2 Å². The van der Waals surface area contributed by atoms with E-state index in [0.717, 1.165) is 10.9 Å². The zero-order chi connectivity index (χ0) is 30.5. The predicted molar refractivity (Wildman–Crippen MR) is 154 cm³/mol. The van der Waals surface area contributed by atoms with Crippen LogP contribution in [0.15, 0.2) is 35.5 Å². The van der Waals surface area contributed by atoms with Gasteiger partial charge >= 0.3 is 11.9 Å². The number of aromatic amines is 1. The average molecular weight is 593 g/mol. The number of fused-ring (bicyclic) bond motifs is 1. The molecule has 0 saturated heterocycles. The third-order valence-electron chi connectivity index (χ3n) is 6.11. The first-order valence-electron chi connectivity index (χ1n) is 12.8. The quantitative estimate of drug-likeness (QED) is 0.0436. The summed E-state index contributed by atoms with van der Waals surface area (Å²) in [5.41, 5.74) is 17.8. The first kappa shape index (κ1) is 32.9. The Morgan fingerprint density at radius 2 is 1.54 bits per heavy atom. The van der Waals surface area contributed by atoms with E-state index in [4.69, 9.17) is 17.2 Å². The van der Waals surface area contributed by atoms with Crippen molar-refractivity contribution in [2.45, 2.75) is 56.3 Å². The molecule has 0 radical (unpaired) electrons. The summed E-state index contributed by atoms with van der Waals surface area (Å²) >= 11 is 3.98. The molecule has 1 aromatic carbocycles. The minimum absolute atomic E-state index is 0.00478. The Bertz CT molecular complexity index is 1260. The molecule has 2 aromatic rings. The van der Waals surface area contributed by atoms with Crippen LogP contribution >= 0.6 is 12.6 Å². The molecular formula is C25H36N8O7S. The summed E-state index contributed by atoms with van der Waals surface area (Å²) in [6.07, 6.45) is 1.06. The molecule has 0 aliphatic carbocycles. The van der Waals surface area contributed by atoms with Crippen molar-refractivity contribution >= 4 is 59.2 Å². The van der Waals surface area contributed by atoms with E-state index in [2.05, 4.69) is 38.6 Å². The second-order valence-corrected chi connectivity index (χ2v) is 9.62. The van der Waals surface area contributed by atoms with Gasteiger partial charge < -0.3 is 48.3 Å². The number of H-pyrrole nitrogens is 1.